The quantitative estimate of drug-likeness (QED) is 0.643. The fraction of sp³-hybridized carbons (Fsp3) is 0.222. The van der Waals surface area contributed by atoms with Gasteiger partial charge < -0.3 is 15.9 Å². The smallest absolute Gasteiger partial charge is 0.347 e. The number of primary amides is 1. The van der Waals surface area contributed by atoms with E-state index in [9.17, 15) is 9.18 Å². The largest absolute Gasteiger partial charge is 0.365 e. The summed E-state index contributed by atoms with van der Waals surface area (Å²) >= 11 is 0. The number of pyridine rings is 1. The minimum absolute atomic E-state index is 0.0426. The molecule has 3 aromatic heterocycles. The van der Waals surface area contributed by atoms with E-state index in [1.54, 1.807) is 6.92 Å². The number of nitrogens with zero attached hydrogens (tertiary/aromatic N) is 6. The molecule has 0 bridgehead atoms. The molecule has 1 amide bonds. The van der Waals surface area contributed by atoms with E-state index in [4.69, 9.17) is 10.6 Å². The first kappa shape index (κ1) is 18.5. The lowest BCUT2D eigenvalue weighted by Crippen LogP contribution is -2.20. The van der Waals surface area contributed by atoms with Gasteiger partial charge in [0.2, 0.25) is 0 Å². The van der Waals surface area contributed by atoms with Gasteiger partial charge in [-0.25, -0.2) is 9.37 Å². The van der Waals surface area contributed by atoms with Crippen molar-refractivity contribution < 1.29 is 14.0 Å². The SMILES string of the molecule is C[C@H](Nc1nc(On2nnc3c2CCC=C3)ncc1C(N)=O)c1ccc(F)cn1. The molecule has 0 unspecified atom stereocenters. The molecule has 0 saturated carbocycles. The van der Waals surface area contributed by atoms with Crippen molar-refractivity contribution in [3.8, 4) is 6.01 Å². The molecule has 11 heteroatoms. The second-order valence-corrected chi connectivity index (χ2v) is 6.37. The zero-order valence-corrected chi connectivity index (χ0v) is 15.4. The highest BCUT2D eigenvalue weighted by Gasteiger charge is 2.19. The number of fused-ring (bicyclic) bond motifs is 1. The van der Waals surface area contributed by atoms with E-state index in [0.29, 0.717) is 5.69 Å². The summed E-state index contributed by atoms with van der Waals surface area (Å²) in [6.45, 7) is 1.79. The predicted octanol–water partition coefficient (Wildman–Crippen LogP) is 1.68. The van der Waals surface area contributed by atoms with Crippen LogP contribution in [0.1, 0.15) is 46.8 Å². The molecule has 3 N–H and O–H groups in total. The first-order chi connectivity index (χ1) is 14.0. The van der Waals surface area contributed by atoms with Crippen LogP contribution in [-0.4, -0.2) is 36.0 Å². The Labute approximate surface area is 164 Å². The monoisotopic (exact) mass is 396 g/mol. The van der Waals surface area contributed by atoms with Crippen LogP contribution in [-0.2, 0) is 6.42 Å². The number of allylic oxidation sites excluding steroid dienone is 1. The molecule has 3 aromatic rings. The Morgan fingerprint density at radius 2 is 2.21 bits per heavy atom. The molecule has 0 spiro atoms. The number of hydrogen-bond acceptors (Lipinski definition) is 8. The standard InChI is InChI=1S/C18H17FN8O2/c1-10(13-7-6-11(19)8-21-13)23-17-12(16(20)28)9-22-18(24-17)29-27-15-5-3-2-4-14(15)25-26-27/h2,4,6-10H,3,5H2,1H3,(H2,20,28)(H,22,23,24)/t10-/m0/s1. The molecule has 3 heterocycles. The van der Waals surface area contributed by atoms with Gasteiger partial charge in [0.05, 0.1) is 17.9 Å². The van der Waals surface area contributed by atoms with E-state index in [0.717, 1.165) is 30.4 Å². The Balaban J connectivity index is 1.60. The molecule has 1 aliphatic rings. The highest BCUT2D eigenvalue weighted by atomic mass is 19.1. The number of anilines is 1. The third kappa shape index (κ3) is 3.88. The molecule has 0 aromatic carbocycles. The summed E-state index contributed by atoms with van der Waals surface area (Å²) in [5.74, 6) is -0.987. The lowest BCUT2D eigenvalue weighted by atomic mass is 10.1. The minimum Gasteiger partial charge on any atom is -0.365 e. The van der Waals surface area contributed by atoms with Crippen molar-refractivity contribution in [3.63, 3.8) is 0 Å². The highest BCUT2D eigenvalue weighted by molar-refractivity contribution is 5.97. The van der Waals surface area contributed by atoms with Crippen molar-refractivity contribution in [2.24, 2.45) is 5.73 Å². The number of carbonyl (C=O) groups is 1. The molecule has 4 rings (SSSR count). The number of rotatable bonds is 6. The van der Waals surface area contributed by atoms with Crippen LogP contribution in [0.3, 0.4) is 0 Å². The Morgan fingerprint density at radius 1 is 1.34 bits per heavy atom. The molecule has 148 valence electrons. The predicted molar refractivity (Wildman–Crippen MR) is 100 cm³/mol. The summed E-state index contributed by atoms with van der Waals surface area (Å²) in [7, 11) is 0. The molecule has 1 atom stereocenters. The Hall–Kier alpha value is -3.89. The summed E-state index contributed by atoms with van der Waals surface area (Å²) < 4.78 is 13.1. The summed E-state index contributed by atoms with van der Waals surface area (Å²) in [6.07, 6.45) is 7.82. The average molecular weight is 396 g/mol. The van der Waals surface area contributed by atoms with Crippen LogP contribution in [0.2, 0.25) is 0 Å². The van der Waals surface area contributed by atoms with Gasteiger partial charge >= 0.3 is 6.01 Å². The van der Waals surface area contributed by atoms with E-state index < -0.39 is 11.7 Å². The van der Waals surface area contributed by atoms with Gasteiger partial charge in [-0.05, 0) is 43.2 Å². The van der Waals surface area contributed by atoms with Gasteiger partial charge in [0.25, 0.3) is 5.91 Å². The Bertz CT molecular complexity index is 1080. The maximum Gasteiger partial charge on any atom is 0.347 e. The zero-order chi connectivity index (χ0) is 20.4. The van der Waals surface area contributed by atoms with Crippen molar-refractivity contribution in [1.82, 2.24) is 30.1 Å². The van der Waals surface area contributed by atoms with E-state index >= 15 is 0 Å². The molecular formula is C18H17FN8O2. The topological polar surface area (TPSA) is 134 Å². The maximum atomic E-state index is 13.1. The van der Waals surface area contributed by atoms with Gasteiger partial charge in [-0.15, -0.1) is 5.10 Å². The zero-order valence-electron chi connectivity index (χ0n) is 15.4. The summed E-state index contributed by atoms with van der Waals surface area (Å²) in [6, 6.07) is 2.40. The lowest BCUT2D eigenvalue weighted by molar-refractivity contribution is 0.0999. The Kier molecular flexibility index (Phi) is 4.85. The number of halogens is 1. The van der Waals surface area contributed by atoms with E-state index in [1.165, 1.54) is 23.2 Å². The maximum absolute atomic E-state index is 13.1. The van der Waals surface area contributed by atoms with Gasteiger partial charge in [-0.3, -0.25) is 9.78 Å². The number of amides is 1. The third-order valence-corrected chi connectivity index (χ3v) is 4.33. The summed E-state index contributed by atoms with van der Waals surface area (Å²) in [5.41, 5.74) is 7.58. The highest BCUT2D eigenvalue weighted by Crippen LogP contribution is 2.22. The van der Waals surface area contributed by atoms with Crippen molar-refractivity contribution in [2.45, 2.75) is 25.8 Å². The summed E-state index contributed by atoms with van der Waals surface area (Å²) in [4.78, 5) is 30.9. The van der Waals surface area contributed by atoms with Gasteiger partial charge in [-0.1, -0.05) is 10.9 Å². The fourth-order valence-corrected chi connectivity index (χ4v) is 2.84. The van der Waals surface area contributed by atoms with Crippen molar-refractivity contribution in [3.05, 3.63) is 59.1 Å². The normalized spacial score (nSPS) is 13.6. The van der Waals surface area contributed by atoms with Crippen molar-refractivity contribution >= 4 is 17.8 Å². The number of nitrogens with one attached hydrogen (secondary N) is 1. The van der Waals surface area contributed by atoms with Crippen molar-refractivity contribution in [1.29, 1.82) is 0 Å². The van der Waals surface area contributed by atoms with Gasteiger partial charge in [0.1, 0.15) is 28.6 Å². The number of hydrogen-bond donors (Lipinski definition) is 2. The second kappa shape index (κ2) is 7.62. The molecule has 0 aliphatic heterocycles. The Morgan fingerprint density at radius 3 is 2.97 bits per heavy atom. The molecule has 0 radical (unpaired) electrons. The van der Waals surface area contributed by atoms with E-state index in [2.05, 4.69) is 30.6 Å². The molecule has 29 heavy (non-hydrogen) atoms. The third-order valence-electron chi connectivity index (χ3n) is 4.33. The van der Waals surface area contributed by atoms with Crippen LogP contribution in [0.15, 0.2) is 30.6 Å². The van der Waals surface area contributed by atoms with Gasteiger partial charge in [0, 0.05) is 6.20 Å². The van der Waals surface area contributed by atoms with Crippen molar-refractivity contribution in [2.75, 3.05) is 5.32 Å². The van der Waals surface area contributed by atoms with E-state index in [1.807, 2.05) is 12.2 Å². The van der Waals surface area contributed by atoms with Crippen LogP contribution in [0, 0.1) is 5.82 Å². The fourth-order valence-electron chi connectivity index (χ4n) is 2.84. The average Bonchev–Trinajstić information content (AvgIpc) is 3.11. The first-order valence-corrected chi connectivity index (χ1v) is 8.85. The van der Waals surface area contributed by atoms with Gasteiger partial charge in [0.15, 0.2) is 0 Å². The molecular weight excluding hydrogens is 379 g/mol. The van der Waals surface area contributed by atoms with Crippen LogP contribution in [0.25, 0.3) is 6.08 Å². The number of aromatic nitrogens is 6. The molecule has 10 nitrogen and oxygen atoms in total. The molecule has 0 fully saturated rings. The van der Waals surface area contributed by atoms with Crippen LogP contribution in [0.4, 0.5) is 10.2 Å². The second-order valence-electron chi connectivity index (χ2n) is 6.37. The van der Waals surface area contributed by atoms with Crippen LogP contribution in [0.5, 0.6) is 6.01 Å². The van der Waals surface area contributed by atoms with Crippen LogP contribution >= 0.6 is 0 Å². The molecule has 1 aliphatic carbocycles. The number of nitrogens with two attached hydrogens (primary N) is 1. The minimum atomic E-state index is -0.707. The number of carbonyl (C=O) groups excluding carboxylic acids is 1. The first-order valence-electron chi connectivity index (χ1n) is 8.85. The van der Waals surface area contributed by atoms with E-state index in [-0.39, 0.29) is 23.4 Å². The molecule has 0 saturated heterocycles. The van der Waals surface area contributed by atoms with Gasteiger partial charge in [-0.2, -0.15) is 4.98 Å². The van der Waals surface area contributed by atoms with Crippen LogP contribution < -0.4 is 15.9 Å². The summed E-state index contributed by atoms with van der Waals surface area (Å²) in [5, 5.41) is 11.0. The lowest BCUT2D eigenvalue weighted by Gasteiger charge is -2.16.